The van der Waals surface area contributed by atoms with Crippen LogP contribution in [0, 0.1) is 11.8 Å². The fraction of sp³-hybridized carbons (Fsp3) is 0.680. The summed E-state index contributed by atoms with van der Waals surface area (Å²) in [5, 5.41) is 3.33. The van der Waals surface area contributed by atoms with Crippen LogP contribution in [0.5, 0.6) is 0 Å². The molecule has 0 aromatic heterocycles. The smallest absolute Gasteiger partial charge is 0.241 e. The fourth-order valence-corrected chi connectivity index (χ4v) is 5.26. The molecule has 3 saturated heterocycles. The molecule has 184 valence electrons. The van der Waals surface area contributed by atoms with Gasteiger partial charge < -0.3 is 19.9 Å². The second-order valence-electron chi connectivity index (χ2n) is 9.43. The number of carbonyl (C=O) groups is 1. The van der Waals surface area contributed by atoms with Gasteiger partial charge in [-0.05, 0) is 43.1 Å². The van der Waals surface area contributed by atoms with Crippen molar-refractivity contribution in [1.29, 1.82) is 0 Å². The van der Waals surface area contributed by atoms with Crippen LogP contribution in [0.25, 0.3) is 0 Å². The van der Waals surface area contributed by atoms with Gasteiger partial charge in [-0.15, -0.1) is 24.0 Å². The van der Waals surface area contributed by atoms with Gasteiger partial charge in [0, 0.05) is 52.9 Å². The molecule has 0 radical (unpaired) electrons. The number of hydrogen-bond donors (Lipinski definition) is 1. The topological polar surface area (TPSA) is 60.4 Å². The minimum absolute atomic E-state index is 0. The van der Waals surface area contributed by atoms with Crippen LogP contribution < -0.4 is 5.32 Å². The zero-order valence-corrected chi connectivity index (χ0v) is 22.3. The summed E-state index contributed by atoms with van der Waals surface area (Å²) in [6.07, 6.45) is 4.48. The van der Waals surface area contributed by atoms with Crippen LogP contribution in [0.2, 0.25) is 0 Å². The predicted octanol–water partition coefficient (Wildman–Crippen LogP) is 2.32. The van der Waals surface area contributed by atoms with Crippen molar-refractivity contribution in [2.75, 3.05) is 72.6 Å². The van der Waals surface area contributed by atoms with E-state index in [1.165, 1.54) is 12.0 Å². The maximum absolute atomic E-state index is 12.8. The van der Waals surface area contributed by atoms with E-state index >= 15 is 0 Å². The number of nitrogens with one attached hydrogen (secondary N) is 1. The summed E-state index contributed by atoms with van der Waals surface area (Å²) in [4.78, 5) is 24.1. The Morgan fingerprint density at radius 3 is 2.36 bits per heavy atom. The third-order valence-electron chi connectivity index (χ3n) is 7.15. The van der Waals surface area contributed by atoms with Gasteiger partial charge in [-0.1, -0.05) is 30.3 Å². The summed E-state index contributed by atoms with van der Waals surface area (Å²) in [5.41, 5.74) is 1.40. The number of rotatable bonds is 6. The highest BCUT2D eigenvalue weighted by atomic mass is 127. The molecule has 0 aliphatic carbocycles. The average Bonchev–Trinajstić information content (AvgIpc) is 3.29. The highest BCUT2D eigenvalue weighted by molar-refractivity contribution is 14.0. The van der Waals surface area contributed by atoms with E-state index < -0.39 is 0 Å². The fourth-order valence-electron chi connectivity index (χ4n) is 5.26. The normalized spacial score (nSPS) is 22.8. The van der Waals surface area contributed by atoms with E-state index in [9.17, 15) is 4.79 Å². The highest BCUT2D eigenvalue weighted by Gasteiger charge is 2.28. The summed E-state index contributed by atoms with van der Waals surface area (Å²) in [6.45, 7) is 9.00. The standard InChI is InChI=1S/C25H39N5O2.HI/c1-26-25(30-12-9-23(20-30)19-28-13-15-32-16-14-28)27-18-24(31)29-10-7-22(8-11-29)17-21-5-3-2-4-6-21;/h2-6,22-23H,7-20H2,1H3,(H,26,27);1H. The Hall–Kier alpha value is -1.39. The first-order valence-corrected chi connectivity index (χ1v) is 12.3. The Bertz CT molecular complexity index is 748. The molecule has 33 heavy (non-hydrogen) atoms. The van der Waals surface area contributed by atoms with Crippen LogP contribution in [0.15, 0.2) is 35.3 Å². The first-order chi connectivity index (χ1) is 15.7. The lowest BCUT2D eigenvalue weighted by molar-refractivity contribution is -0.131. The third kappa shape index (κ3) is 7.82. The first kappa shape index (κ1) is 26.2. The monoisotopic (exact) mass is 569 g/mol. The molecule has 1 amide bonds. The van der Waals surface area contributed by atoms with Gasteiger partial charge in [0.2, 0.25) is 5.91 Å². The lowest BCUT2D eigenvalue weighted by Gasteiger charge is -2.32. The third-order valence-corrected chi connectivity index (χ3v) is 7.15. The Kier molecular flexibility index (Phi) is 10.7. The first-order valence-electron chi connectivity index (χ1n) is 12.3. The van der Waals surface area contributed by atoms with Crippen molar-refractivity contribution in [3.05, 3.63) is 35.9 Å². The molecule has 3 aliphatic heterocycles. The minimum Gasteiger partial charge on any atom is -0.379 e. The molecule has 1 aromatic rings. The molecule has 8 heteroatoms. The van der Waals surface area contributed by atoms with Crippen LogP contribution in [0.3, 0.4) is 0 Å². The van der Waals surface area contributed by atoms with Crippen molar-refractivity contribution in [1.82, 2.24) is 20.0 Å². The van der Waals surface area contributed by atoms with Crippen molar-refractivity contribution < 1.29 is 9.53 Å². The lowest BCUT2D eigenvalue weighted by atomic mass is 9.90. The largest absolute Gasteiger partial charge is 0.379 e. The van der Waals surface area contributed by atoms with E-state index in [-0.39, 0.29) is 29.9 Å². The van der Waals surface area contributed by atoms with Gasteiger partial charge in [-0.3, -0.25) is 14.7 Å². The van der Waals surface area contributed by atoms with Crippen molar-refractivity contribution in [2.45, 2.75) is 25.7 Å². The SMILES string of the molecule is CN=C(NCC(=O)N1CCC(Cc2ccccc2)CC1)N1CCC(CN2CCOCC2)C1.I. The maximum atomic E-state index is 12.8. The number of piperidine rings is 1. The molecule has 3 aliphatic rings. The second kappa shape index (κ2) is 13.5. The highest BCUT2D eigenvalue weighted by Crippen LogP contribution is 2.22. The average molecular weight is 570 g/mol. The van der Waals surface area contributed by atoms with Gasteiger partial charge in [0.05, 0.1) is 19.8 Å². The Labute approximate surface area is 215 Å². The molecule has 3 fully saturated rings. The number of likely N-dealkylation sites (tertiary alicyclic amines) is 2. The Morgan fingerprint density at radius 1 is 1.00 bits per heavy atom. The van der Waals surface area contributed by atoms with E-state index in [4.69, 9.17) is 4.74 Å². The number of carbonyl (C=O) groups excluding carboxylic acids is 1. The number of hydrogen-bond acceptors (Lipinski definition) is 4. The number of ether oxygens (including phenoxy) is 1. The van der Waals surface area contributed by atoms with Gasteiger partial charge in [0.15, 0.2) is 5.96 Å². The van der Waals surface area contributed by atoms with Crippen LogP contribution in [0.4, 0.5) is 0 Å². The molecular formula is C25H40IN5O2. The molecule has 3 heterocycles. The molecule has 1 unspecified atom stereocenters. The predicted molar refractivity (Wildman–Crippen MR) is 143 cm³/mol. The number of guanidine groups is 1. The van der Waals surface area contributed by atoms with Crippen molar-refractivity contribution in [3.8, 4) is 0 Å². The van der Waals surface area contributed by atoms with E-state index in [0.29, 0.717) is 18.4 Å². The number of benzene rings is 1. The van der Waals surface area contributed by atoms with Gasteiger partial charge in [-0.2, -0.15) is 0 Å². The number of aliphatic imine (C=N–C) groups is 1. The second-order valence-corrected chi connectivity index (χ2v) is 9.43. The van der Waals surface area contributed by atoms with Crippen molar-refractivity contribution in [2.24, 2.45) is 16.8 Å². The van der Waals surface area contributed by atoms with E-state index in [2.05, 4.69) is 50.4 Å². The molecule has 0 spiro atoms. The van der Waals surface area contributed by atoms with Crippen molar-refractivity contribution >= 4 is 35.8 Å². The van der Waals surface area contributed by atoms with Gasteiger partial charge in [0.25, 0.3) is 0 Å². The van der Waals surface area contributed by atoms with Gasteiger partial charge >= 0.3 is 0 Å². The molecule has 1 N–H and O–H groups in total. The van der Waals surface area contributed by atoms with Crippen molar-refractivity contribution in [3.63, 3.8) is 0 Å². The van der Waals surface area contributed by atoms with Crippen LogP contribution in [-0.2, 0) is 16.0 Å². The van der Waals surface area contributed by atoms with Crippen LogP contribution >= 0.6 is 24.0 Å². The number of morpholine rings is 1. The number of halogens is 1. The van der Waals surface area contributed by atoms with E-state index in [1.54, 1.807) is 0 Å². The summed E-state index contributed by atoms with van der Waals surface area (Å²) < 4.78 is 5.46. The Balaban J connectivity index is 0.00000306. The summed E-state index contributed by atoms with van der Waals surface area (Å²) in [5.74, 6) is 2.39. The summed E-state index contributed by atoms with van der Waals surface area (Å²) in [6, 6.07) is 10.7. The van der Waals surface area contributed by atoms with E-state index in [0.717, 1.165) is 84.2 Å². The number of nitrogens with zero attached hydrogens (tertiary/aromatic N) is 4. The van der Waals surface area contributed by atoms with Crippen LogP contribution in [-0.4, -0.2) is 99.2 Å². The number of amides is 1. The van der Waals surface area contributed by atoms with Gasteiger partial charge in [0.1, 0.15) is 0 Å². The zero-order valence-electron chi connectivity index (χ0n) is 20.0. The minimum atomic E-state index is 0. The molecule has 4 rings (SSSR count). The van der Waals surface area contributed by atoms with Crippen LogP contribution in [0.1, 0.15) is 24.8 Å². The van der Waals surface area contributed by atoms with E-state index in [1.807, 2.05) is 11.9 Å². The van der Waals surface area contributed by atoms with Gasteiger partial charge in [-0.25, -0.2) is 0 Å². The summed E-state index contributed by atoms with van der Waals surface area (Å²) >= 11 is 0. The maximum Gasteiger partial charge on any atom is 0.241 e. The molecular weight excluding hydrogens is 529 g/mol. The molecule has 1 atom stereocenters. The molecule has 0 bridgehead atoms. The lowest BCUT2D eigenvalue weighted by Crippen LogP contribution is -2.48. The molecule has 7 nitrogen and oxygen atoms in total. The quantitative estimate of drug-likeness (QED) is 0.324. The summed E-state index contributed by atoms with van der Waals surface area (Å²) in [7, 11) is 1.82. The zero-order chi connectivity index (χ0) is 22.2. The Morgan fingerprint density at radius 2 is 1.67 bits per heavy atom. The molecule has 0 saturated carbocycles. The molecule has 1 aromatic carbocycles.